The van der Waals surface area contributed by atoms with Gasteiger partial charge in [0, 0.05) is 24.1 Å². The molecule has 0 spiro atoms. The van der Waals surface area contributed by atoms with E-state index in [-0.39, 0.29) is 0 Å². The molecule has 0 amide bonds. The molecular formula is C20H31N5O. The van der Waals surface area contributed by atoms with E-state index in [1.165, 1.54) is 5.56 Å². The summed E-state index contributed by atoms with van der Waals surface area (Å²) in [5, 5.41) is 7.71. The Kier molecular flexibility index (Phi) is 7.21. The fourth-order valence-electron chi connectivity index (χ4n) is 2.84. The lowest BCUT2D eigenvalue weighted by atomic mass is 9.99. The van der Waals surface area contributed by atoms with Crippen molar-refractivity contribution in [3.63, 3.8) is 0 Å². The number of nitrogens with two attached hydrogens (primary N) is 1. The molecule has 0 saturated carbocycles. The molecule has 6 nitrogen and oxygen atoms in total. The monoisotopic (exact) mass is 357 g/mol. The molecule has 0 saturated heterocycles. The number of aromatic nitrogens is 2. The van der Waals surface area contributed by atoms with Gasteiger partial charge in [-0.1, -0.05) is 26.0 Å². The number of hydrogen-bond donors (Lipinski definition) is 2. The third-order valence-electron chi connectivity index (χ3n) is 4.81. The fourth-order valence-corrected chi connectivity index (χ4v) is 2.84. The summed E-state index contributed by atoms with van der Waals surface area (Å²) in [6.07, 6.45) is 1.13. The normalized spacial score (nSPS) is 13.0. The zero-order chi connectivity index (χ0) is 19.1. The first kappa shape index (κ1) is 20.0. The molecule has 0 aliphatic rings. The zero-order valence-corrected chi connectivity index (χ0v) is 16.5. The van der Waals surface area contributed by atoms with Crippen LogP contribution >= 0.6 is 0 Å². The Bertz CT molecular complexity index is 733. The zero-order valence-electron chi connectivity index (χ0n) is 16.5. The summed E-state index contributed by atoms with van der Waals surface area (Å²) in [7, 11) is 1.69. The predicted octanol–water partition coefficient (Wildman–Crippen LogP) is 3.59. The second-order valence-electron chi connectivity index (χ2n) is 6.62. The number of hydrogen-bond acceptors (Lipinski definition) is 3. The Hall–Kier alpha value is -2.34. The van der Waals surface area contributed by atoms with Crippen LogP contribution in [0.1, 0.15) is 48.7 Å². The maximum atomic E-state index is 6.06. The molecule has 1 aromatic carbocycles. The Labute approximate surface area is 156 Å². The average molecular weight is 358 g/mol. The first-order chi connectivity index (χ1) is 12.5. The summed E-state index contributed by atoms with van der Waals surface area (Å²) in [6, 6.07) is 8.36. The molecule has 0 radical (unpaired) electrons. The van der Waals surface area contributed by atoms with Crippen molar-refractivity contribution in [2.24, 2.45) is 10.7 Å². The highest BCUT2D eigenvalue weighted by Crippen LogP contribution is 2.20. The van der Waals surface area contributed by atoms with Gasteiger partial charge in [-0.2, -0.15) is 5.10 Å². The van der Waals surface area contributed by atoms with Gasteiger partial charge in [-0.3, -0.25) is 4.68 Å². The van der Waals surface area contributed by atoms with Gasteiger partial charge < -0.3 is 15.8 Å². The largest absolute Gasteiger partial charge is 0.383 e. The molecule has 0 fully saturated rings. The number of rotatable bonds is 8. The second kappa shape index (κ2) is 9.38. The molecule has 1 unspecified atom stereocenters. The van der Waals surface area contributed by atoms with Crippen molar-refractivity contribution in [3.05, 3.63) is 46.8 Å². The van der Waals surface area contributed by atoms with Gasteiger partial charge in [0.05, 0.1) is 25.4 Å². The van der Waals surface area contributed by atoms with Crippen molar-refractivity contribution < 1.29 is 4.74 Å². The van der Waals surface area contributed by atoms with Crippen LogP contribution in [0.2, 0.25) is 0 Å². The van der Waals surface area contributed by atoms with Crippen molar-refractivity contribution in [1.29, 1.82) is 0 Å². The van der Waals surface area contributed by atoms with Crippen LogP contribution < -0.4 is 11.1 Å². The van der Waals surface area contributed by atoms with E-state index in [2.05, 4.69) is 48.3 Å². The summed E-state index contributed by atoms with van der Waals surface area (Å²) in [6.45, 7) is 10.4. The molecule has 1 heterocycles. The molecule has 1 atom stereocenters. The van der Waals surface area contributed by atoms with E-state index < -0.39 is 0 Å². The highest BCUT2D eigenvalue weighted by atomic mass is 16.5. The van der Waals surface area contributed by atoms with Crippen LogP contribution in [0.4, 0.5) is 5.69 Å². The number of methoxy groups -OCH3 is 1. The van der Waals surface area contributed by atoms with Gasteiger partial charge in [0.25, 0.3) is 0 Å². The van der Waals surface area contributed by atoms with Crippen LogP contribution in [0.25, 0.3) is 0 Å². The Morgan fingerprint density at radius 2 is 2.00 bits per heavy atom. The summed E-state index contributed by atoms with van der Waals surface area (Å²) < 4.78 is 7.09. The first-order valence-electron chi connectivity index (χ1n) is 9.15. The minimum atomic E-state index is 0.407. The molecule has 6 heteroatoms. The Morgan fingerprint density at radius 1 is 1.31 bits per heavy atom. The molecule has 3 N–H and O–H groups in total. The van der Waals surface area contributed by atoms with Gasteiger partial charge in [-0.05, 0) is 43.9 Å². The van der Waals surface area contributed by atoms with E-state index in [0.717, 1.165) is 35.6 Å². The average Bonchev–Trinajstić information content (AvgIpc) is 2.91. The lowest BCUT2D eigenvalue weighted by Crippen LogP contribution is -2.22. The van der Waals surface area contributed by atoms with E-state index >= 15 is 0 Å². The van der Waals surface area contributed by atoms with Crippen LogP contribution in [-0.4, -0.2) is 29.5 Å². The number of benzene rings is 1. The quantitative estimate of drug-likeness (QED) is 0.559. The SMILES string of the molecule is CCC(C)c1ccc(NC(N)=NCc2c(C)nn(CCOC)c2C)cc1. The summed E-state index contributed by atoms with van der Waals surface area (Å²) >= 11 is 0. The molecule has 2 rings (SSSR count). The number of anilines is 1. The maximum Gasteiger partial charge on any atom is 0.193 e. The predicted molar refractivity (Wildman–Crippen MR) is 108 cm³/mol. The highest BCUT2D eigenvalue weighted by Gasteiger charge is 2.11. The maximum absolute atomic E-state index is 6.06. The van der Waals surface area contributed by atoms with Crippen molar-refractivity contribution in [1.82, 2.24) is 9.78 Å². The number of aryl methyl sites for hydroxylation is 1. The molecule has 2 aromatic rings. The lowest BCUT2D eigenvalue weighted by Gasteiger charge is -2.11. The number of nitrogens with zero attached hydrogens (tertiary/aromatic N) is 3. The van der Waals surface area contributed by atoms with E-state index in [1.54, 1.807) is 7.11 Å². The minimum absolute atomic E-state index is 0.407. The van der Waals surface area contributed by atoms with Gasteiger partial charge in [0.1, 0.15) is 0 Å². The molecule has 142 valence electrons. The van der Waals surface area contributed by atoms with E-state index in [1.807, 2.05) is 23.7 Å². The van der Waals surface area contributed by atoms with Gasteiger partial charge in [-0.15, -0.1) is 0 Å². The van der Waals surface area contributed by atoms with Gasteiger partial charge >= 0.3 is 0 Å². The van der Waals surface area contributed by atoms with Gasteiger partial charge in [0.15, 0.2) is 5.96 Å². The van der Waals surface area contributed by atoms with Crippen molar-refractivity contribution in [3.8, 4) is 0 Å². The fraction of sp³-hybridized carbons (Fsp3) is 0.500. The summed E-state index contributed by atoms with van der Waals surface area (Å²) in [4.78, 5) is 4.48. The molecule has 0 bridgehead atoms. The molecule has 1 aromatic heterocycles. The molecule has 0 aliphatic carbocycles. The highest BCUT2D eigenvalue weighted by molar-refractivity contribution is 5.92. The molecule has 0 aliphatic heterocycles. The lowest BCUT2D eigenvalue weighted by molar-refractivity contribution is 0.182. The van der Waals surface area contributed by atoms with E-state index in [0.29, 0.717) is 25.0 Å². The number of guanidine groups is 1. The number of ether oxygens (including phenoxy) is 1. The Balaban J connectivity index is 2.01. The standard InChI is InChI=1S/C20H31N5O/c1-6-14(2)17-7-9-18(10-8-17)23-20(21)22-13-19-15(3)24-25(16(19)4)11-12-26-5/h7-10,14H,6,11-13H2,1-5H3,(H3,21,22,23). The van der Waals surface area contributed by atoms with Crippen LogP contribution in [0.3, 0.4) is 0 Å². The third-order valence-corrected chi connectivity index (χ3v) is 4.81. The smallest absolute Gasteiger partial charge is 0.193 e. The van der Waals surface area contributed by atoms with Crippen LogP contribution in [0.5, 0.6) is 0 Å². The van der Waals surface area contributed by atoms with Crippen molar-refractivity contribution in [2.75, 3.05) is 19.0 Å². The third kappa shape index (κ3) is 5.08. The van der Waals surface area contributed by atoms with Gasteiger partial charge in [-0.25, -0.2) is 4.99 Å². The van der Waals surface area contributed by atoms with Crippen molar-refractivity contribution in [2.45, 2.75) is 53.1 Å². The van der Waals surface area contributed by atoms with E-state index in [9.17, 15) is 0 Å². The minimum Gasteiger partial charge on any atom is -0.383 e. The number of nitrogens with one attached hydrogen (secondary N) is 1. The topological polar surface area (TPSA) is 77.5 Å². The van der Waals surface area contributed by atoms with Gasteiger partial charge in [0.2, 0.25) is 0 Å². The second-order valence-corrected chi connectivity index (χ2v) is 6.62. The summed E-state index contributed by atoms with van der Waals surface area (Å²) in [5.41, 5.74) is 11.5. The number of aliphatic imine (C=N–C) groups is 1. The van der Waals surface area contributed by atoms with E-state index in [4.69, 9.17) is 10.5 Å². The molecule has 26 heavy (non-hydrogen) atoms. The summed E-state index contributed by atoms with van der Waals surface area (Å²) in [5.74, 6) is 0.973. The van der Waals surface area contributed by atoms with Crippen molar-refractivity contribution >= 4 is 11.6 Å². The van der Waals surface area contributed by atoms with Crippen LogP contribution in [0.15, 0.2) is 29.3 Å². The first-order valence-corrected chi connectivity index (χ1v) is 9.15. The Morgan fingerprint density at radius 3 is 2.62 bits per heavy atom. The van der Waals surface area contributed by atoms with Crippen LogP contribution in [0, 0.1) is 13.8 Å². The van der Waals surface area contributed by atoms with Crippen LogP contribution in [-0.2, 0) is 17.8 Å². The molecular weight excluding hydrogens is 326 g/mol.